The first-order valence-corrected chi connectivity index (χ1v) is 7.36. The molecule has 2 aromatic carbocycles. The fraction of sp³-hybridized carbons (Fsp3) is 0.312. The summed E-state index contributed by atoms with van der Waals surface area (Å²) in [4.78, 5) is 11.1. The molecule has 19 heavy (non-hydrogen) atoms. The van der Waals surface area contributed by atoms with Gasteiger partial charge in [-0.1, -0.05) is 44.0 Å². The third-order valence-corrected chi connectivity index (χ3v) is 3.99. The Kier molecular flexibility index (Phi) is 4.97. The molecule has 0 spiro atoms. The van der Waals surface area contributed by atoms with Crippen LogP contribution in [0.3, 0.4) is 0 Å². The predicted octanol–water partition coefficient (Wildman–Crippen LogP) is 4.98. The summed E-state index contributed by atoms with van der Waals surface area (Å²) in [7, 11) is 0. The quantitative estimate of drug-likeness (QED) is 0.554. The van der Waals surface area contributed by atoms with Crippen LogP contribution in [0.1, 0.15) is 36.5 Å². The molecule has 0 aliphatic rings. The number of carbonyl (C=O) groups excluding carboxylic acids is 1. The molecule has 0 radical (unpaired) electrons. The lowest BCUT2D eigenvalue weighted by Crippen LogP contribution is -1.99. The number of benzene rings is 2. The van der Waals surface area contributed by atoms with Gasteiger partial charge in [0.05, 0.1) is 6.61 Å². The van der Waals surface area contributed by atoms with E-state index in [1.165, 1.54) is 6.42 Å². The first kappa shape index (κ1) is 14.1. The van der Waals surface area contributed by atoms with Crippen molar-refractivity contribution in [2.45, 2.75) is 26.2 Å². The highest BCUT2D eigenvalue weighted by Crippen LogP contribution is 2.34. The van der Waals surface area contributed by atoms with Crippen molar-refractivity contribution in [2.75, 3.05) is 6.61 Å². The molecule has 0 unspecified atom stereocenters. The number of hydrogen-bond donors (Lipinski definition) is 0. The Balaban J connectivity index is 2.36. The molecule has 0 saturated carbocycles. The van der Waals surface area contributed by atoms with E-state index in [0.717, 1.165) is 40.1 Å². The minimum absolute atomic E-state index is 0.629. The molecule has 0 aromatic heterocycles. The van der Waals surface area contributed by atoms with Crippen LogP contribution in [0.5, 0.6) is 5.75 Å². The van der Waals surface area contributed by atoms with Gasteiger partial charge in [-0.3, -0.25) is 4.79 Å². The Morgan fingerprint density at radius 1 is 1.21 bits per heavy atom. The van der Waals surface area contributed by atoms with Gasteiger partial charge in [-0.2, -0.15) is 0 Å². The molecule has 0 atom stereocenters. The maximum absolute atomic E-state index is 11.1. The van der Waals surface area contributed by atoms with E-state index in [4.69, 9.17) is 4.74 Å². The lowest BCUT2D eigenvalue weighted by molar-refractivity contribution is 0.112. The van der Waals surface area contributed by atoms with Crippen LogP contribution < -0.4 is 4.74 Å². The zero-order valence-corrected chi connectivity index (χ0v) is 12.6. The maximum atomic E-state index is 11.1. The molecular weight excluding hydrogens is 304 g/mol. The van der Waals surface area contributed by atoms with Gasteiger partial charge in [0.25, 0.3) is 0 Å². The highest BCUT2D eigenvalue weighted by molar-refractivity contribution is 9.10. The van der Waals surface area contributed by atoms with E-state index in [9.17, 15) is 4.79 Å². The third kappa shape index (κ3) is 3.16. The fourth-order valence-electron chi connectivity index (χ4n) is 2.07. The number of rotatable bonds is 6. The van der Waals surface area contributed by atoms with Crippen LogP contribution >= 0.6 is 15.9 Å². The molecule has 100 valence electrons. The lowest BCUT2D eigenvalue weighted by Gasteiger charge is -2.12. The summed E-state index contributed by atoms with van der Waals surface area (Å²) in [6, 6.07) is 9.76. The van der Waals surface area contributed by atoms with Crippen molar-refractivity contribution in [3.8, 4) is 5.75 Å². The van der Waals surface area contributed by atoms with Gasteiger partial charge in [-0.15, -0.1) is 0 Å². The lowest BCUT2D eigenvalue weighted by atomic mass is 10.1. The highest BCUT2D eigenvalue weighted by atomic mass is 79.9. The van der Waals surface area contributed by atoms with Crippen LogP contribution in [0.15, 0.2) is 34.8 Å². The molecule has 2 nitrogen and oxygen atoms in total. The zero-order chi connectivity index (χ0) is 13.7. The molecule has 2 aromatic rings. The van der Waals surface area contributed by atoms with Gasteiger partial charge >= 0.3 is 0 Å². The van der Waals surface area contributed by atoms with E-state index in [2.05, 4.69) is 22.9 Å². The van der Waals surface area contributed by atoms with Gasteiger partial charge in [0.1, 0.15) is 5.75 Å². The second kappa shape index (κ2) is 6.71. The van der Waals surface area contributed by atoms with Gasteiger partial charge in [0, 0.05) is 20.8 Å². The largest absolute Gasteiger partial charge is 0.493 e. The van der Waals surface area contributed by atoms with Gasteiger partial charge in [-0.05, 0) is 28.4 Å². The van der Waals surface area contributed by atoms with Crippen molar-refractivity contribution in [3.63, 3.8) is 0 Å². The van der Waals surface area contributed by atoms with Crippen LogP contribution in [0.25, 0.3) is 10.8 Å². The van der Waals surface area contributed by atoms with E-state index in [-0.39, 0.29) is 0 Å². The van der Waals surface area contributed by atoms with Crippen molar-refractivity contribution in [1.29, 1.82) is 0 Å². The SMILES string of the molecule is CCCCCOc1cc(C=O)c(Br)c2ccccc12. The number of carbonyl (C=O) groups is 1. The minimum Gasteiger partial charge on any atom is -0.493 e. The summed E-state index contributed by atoms with van der Waals surface area (Å²) < 4.78 is 6.67. The monoisotopic (exact) mass is 320 g/mol. The van der Waals surface area contributed by atoms with Gasteiger partial charge < -0.3 is 4.74 Å². The Morgan fingerprint density at radius 3 is 2.63 bits per heavy atom. The normalized spacial score (nSPS) is 10.6. The molecule has 0 bridgehead atoms. The molecule has 0 fully saturated rings. The second-order valence-electron chi connectivity index (χ2n) is 4.50. The molecular formula is C16H17BrO2. The topological polar surface area (TPSA) is 26.3 Å². The molecule has 0 aliphatic carbocycles. The summed E-state index contributed by atoms with van der Waals surface area (Å²) in [5.74, 6) is 0.789. The number of fused-ring (bicyclic) bond motifs is 1. The molecule has 0 aliphatic heterocycles. The van der Waals surface area contributed by atoms with Crippen molar-refractivity contribution in [2.24, 2.45) is 0 Å². The van der Waals surface area contributed by atoms with E-state index in [1.807, 2.05) is 30.3 Å². The van der Waals surface area contributed by atoms with Crippen molar-refractivity contribution >= 4 is 33.0 Å². The third-order valence-electron chi connectivity index (χ3n) is 3.10. The number of halogens is 1. The van der Waals surface area contributed by atoms with Crippen LogP contribution in [-0.2, 0) is 0 Å². The van der Waals surface area contributed by atoms with Crippen LogP contribution in [0, 0.1) is 0 Å². The van der Waals surface area contributed by atoms with Crippen molar-refractivity contribution < 1.29 is 9.53 Å². The minimum atomic E-state index is 0.629. The molecule has 0 heterocycles. The van der Waals surface area contributed by atoms with Crippen LogP contribution in [0.4, 0.5) is 0 Å². The number of ether oxygens (including phenoxy) is 1. The molecule has 2 rings (SSSR count). The maximum Gasteiger partial charge on any atom is 0.151 e. The fourth-order valence-corrected chi connectivity index (χ4v) is 2.62. The highest BCUT2D eigenvalue weighted by Gasteiger charge is 2.10. The second-order valence-corrected chi connectivity index (χ2v) is 5.29. The Labute approximate surface area is 121 Å². The van der Waals surface area contributed by atoms with E-state index < -0.39 is 0 Å². The Morgan fingerprint density at radius 2 is 1.95 bits per heavy atom. The summed E-state index contributed by atoms with van der Waals surface area (Å²) >= 11 is 3.48. The average Bonchev–Trinajstić information content (AvgIpc) is 2.46. The first-order chi connectivity index (χ1) is 9.27. The number of unbranched alkanes of at least 4 members (excludes halogenated alkanes) is 2. The average molecular weight is 321 g/mol. The van der Waals surface area contributed by atoms with E-state index in [1.54, 1.807) is 0 Å². The standard InChI is InChI=1S/C16H17BrO2/c1-2-3-6-9-19-15-10-12(11-18)16(17)14-8-5-4-7-13(14)15/h4-5,7-8,10-11H,2-3,6,9H2,1H3. The summed E-state index contributed by atoms with van der Waals surface area (Å²) in [5.41, 5.74) is 0.629. The van der Waals surface area contributed by atoms with E-state index >= 15 is 0 Å². The Hall–Kier alpha value is -1.35. The molecule has 0 saturated heterocycles. The van der Waals surface area contributed by atoms with Gasteiger partial charge in [-0.25, -0.2) is 0 Å². The zero-order valence-electron chi connectivity index (χ0n) is 11.0. The molecule has 0 amide bonds. The summed E-state index contributed by atoms with van der Waals surface area (Å²) in [5, 5.41) is 2.05. The smallest absolute Gasteiger partial charge is 0.151 e. The Bertz CT molecular complexity index is 578. The van der Waals surface area contributed by atoms with Gasteiger partial charge in [0.2, 0.25) is 0 Å². The number of hydrogen-bond acceptors (Lipinski definition) is 2. The summed E-state index contributed by atoms with van der Waals surface area (Å²) in [6.45, 7) is 2.86. The number of aldehydes is 1. The van der Waals surface area contributed by atoms with Crippen LogP contribution in [0.2, 0.25) is 0 Å². The van der Waals surface area contributed by atoms with Crippen molar-refractivity contribution in [3.05, 3.63) is 40.4 Å². The predicted molar refractivity (Wildman–Crippen MR) is 82.1 cm³/mol. The molecule has 0 N–H and O–H groups in total. The van der Waals surface area contributed by atoms with Crippen LogP contribution in [-0.4, -0.2) is 12.9 Å². The van der Waals surface area contributed by atoms with E-state index in [0.29, 0.717) is 12.2 Å². The van der Waals surface area contributed by atoms with Gasteiger partial charge in [0.15, 0.2) is 6.29 Å². The molecule has 3 heteroatoms. The summed E-state index contributed by atoms with van der Waals surface area (Å²) in [6.07, 6.45) is 4.23. The van der Waals surface area contributed by atoms with Crippen molar-refractivity contribution in [1.82, 2.24) is 0 Å². The first-order valence-electron chi connectivity index (χ1n) is 6.57.